The van der Waals surface area contributed by atoms with Gasteiger partial charge in [0.25, 0.3) is 0 Å². The van der Waals surface area contributed by atoms with Crippen molar-refractivity contribution < 1.29 is 8.42 Å². The summed E-state index contributed by atoms with van der Waals surface area (Å²) in [5.41, 5.74) is 0. The Balaban J connectivity index is 2.08. The van der Waals surface area contributed by atoms with Gasteiger partial charge in [-0.25, -0.2) is 17.7 Å². The van der Waals surface area contributed by atoms with Crippen molar-refractivity contribution in [1.29, 1.82) is 0 Å². The summed E-state index contributed by atoms with van der Waals surface area (Å²) in [6, 6.07) is 3.31. The molecule has 0 aromatic carbocycles. The van der Waals surface area contributed by atoms with Crippen LogP contribution in [0.5, 0.6) is 0 Å². The van der Waals surface area contributed by atoms with E-state index >= 15 is 0 Å². The van der Waals surface area contributed by atoms with E-state index in [1.54, 1.807) is 19.2 Å². The van der Waals surface area contributed by atoms with Crippen LogP contribution in [0.2, 0.25) is 0 Å². The average Bonchev–Trinajstić information content (AvgIpc) is 2.34. The molecule has 1 saturated carbocycles. The monoisotopic (exact) mass is 283 g/mol. The molecule has 19 heavy (non-hydrogen) atoms. The van der Waals surface area contributed by atoms with Crippen LogP contribution in [0.25, 0.3) is 0 Å². The van der Waals surface area contributed by atoms with Crippen molar-refractivity contribution in [3.63, 3.8) is 0 Å². The predicted molar refractivity (Wildman–Crippen MR) is 75.6 cm³/mol. The van der Waals surface area contributed by atoms with Crippen LogP contribution in [0, 0.1) is 5.92 Å². The smallest absolute Gasteiger partial charge is 0.244 e. The number of pyridine rings is 1. The van der Waals surface area contributed by atoms with E-state index < -0.39 is 10.0 Å². The lowest BCUT2D eigenvalue weighted by Gasteiger charge is -2.29. The second-order valence-electron chi connectivity index (χ2n) is 4.99. The van der Waals surface area contributed by atoms with Crippen LogP contribution >= 0.6 is 0 Å². The first-order chi connectivity index (χ1) is 9.04. The molecule has 106 valence electrons. The van der Waals surface area contributed by atoms with Gasteiger partial charge < -0.3 is 5.32 Å². The summed E-state index contributed by atoms with van der Waals surface area (Å²) < 4.78 is 26.1. The van der Waals surface area contributed by atoms with Gasteiger partial charge in [0.2, 0.25) is 10.0 Å². The number of sulfonamides is 1. The maximum atomic E-state index is 12.3. The van der Waals surface area contributed by atoms with Gasteiger partial charge >= 0.3 is 0 Å². The summed E-state index contributed by atoms with van der Waals surface area (Å²) in [6.45, 7) is 3.34. The molecule has 0 unspecified atom stereocenters. The second-order valence-corrected chi connectivity index (χ2v) is 7.04. The van der Waals surface area contributed by atoms with Gasteiger partial charge in [0.15, 0.2) is 0 Å². The molecule has 0 saturated heterocycles. The number of hydrogen-bond donors (Lipinski definition) is 1. The molecule has 0 spiro atoms. The van der Waals surface area contributed by atoms with Gasteiger partial charge in [-0.05, 0) is 37.8 Å². The quantitative estimate of drug-likeness (QED) is 0.866. The third-order valence-electron chi connectivity index (χ3n) is 3.54. The van der Waals surface area contributed by atoms with E-state index in [0.29, 0.717) is 18.3 Å². The van der Waals surface area contributed by atoms with Crippen LogP contribution in [0.4, 0.5) is 5.82 Å². The van der Waals surface area contributed by atoms with Crippen LogP contribution in [-0.2, 0) is 10.0 Å². The maximum absolute atomic E-state index is 12.3. The van der Waals surface area contributed by atoms with E-state index in [9.17, 15) is 8.42 Å². The fraction of sp³-hybridized carbons (Fsp3) is 0.615. The van der Waals surface area contributed by atoms with E-state index in [2.05, 4.69) is 10.3 Å². The van der Waals surface area contributed by atoms with Crippen LogP contribution in [0.1, 0.15) is 26.2 Å². The Labute approximate surface area is 115 Å². The standard InChI is InChI=1S/C13H21N3O2S/c1-3-14-13-8-7-12(9-15-13)19(17,18)16(2)10-11-5-4-6-11/h7-9,11H,3-6,10H2,1-2H3,(H,14,15). The minimum atomic E-state index is -3.40. The SMILES string of the molecule is CCNc1ccc(S(=O)(=O)N(C)CC2CCC2)cn1. The van der Waals surface area contributed by atoms with Crippen molar-refractivity contribution in [2.24, 2.45) is 5.92 Å². The summed E-state index contributed by atoms with van der Waals surface area (Å²) in [6.07, 6.45) is 4.91. The molecular formula is C13H21N3O2S. The number of rotatable bonds is 6. The van der Waals surface area contributed by atoms with Crippen molar-refractivity contribution in [2.45, 2.75) is 31.1 Å². The Bertz CT molecular complexity index is 509. The summed E-state index contributed by atoms with van der Waals surface area (Å²) >= 11 is 0. The van der Waals surface area contributed by atoms with E-state index in [1.165, 1.54) is 16.9 Å². The van der Waals surface area contributed by atoms with E-state index in [0.717, 1.165) is 19.4 Å². The first-order valence-corrected chi connectivity index (χ1v) is 8.14. The summed E-state index contributed by atoms with van der Waals surface area (Å²) in [4.78, 5) is 4.37. The van der Waals surface area contributed by atoms with Crippen molar-refractivity contribution >= 4 is 15.8 Å². The Morgan fingerprint density at radius 2 is 2.16 bits per heavy atom. The Kier molecular flexibility index (Phi) is 4.42. The Morgan fingerprint density at radius 3 is 2.63 bits per heavy atom. The van der Waals surface area contributed by atoms with Crippen LogP contribution < -0.4 is 5.32 Å². The van der Waals surface area contributed by atoms with Crippen LogP contribution in [0.3, 0.4) is 0 Å². The van der Waals surface area contributed by atoms with E-state index in [4.69, 9.17) is 0 Å². The molecule has 0 radical (unpaired) electrons. The minimum Gasteiger partial charge on any atom is -0.370 e. The first kappa shape index (κ1) is 14.3. The van der Waals surface area contributed by atoms with Gasteiger partial charge in [0.1, 0.15) is 10.7 Å². The third kappa shape index (κ3) is 3.25. The fourth-order valence-corrected chi connectivity index (χ4v) is 3.33. The number of hydrogen-bond acceptors (Lipinski definition) is 4. The fourth-order valence-electron chi connectivity index (χ4n) is 2.14. The summed E-state index contributed by atoms with van der Waals surface area (Å²) in [7, 11) is -1.75. The number of nitrogens with one attached hydrogen (secondary N) is 1. The van der Waals surface area contributed by atoms with Gasteiger partial charge in [0.05, 0.1) is 0 Å². The zero-order valence-corrected chi connectivity index (χ0v) is 12.3. The van der Waals surface area contributed by atoms with Gasteiger partial charge in [-0.15, -0.1) is 0 Å². The lowest BCUT2D eigenvalue weighted by Crippen LogP contribution is -2.34. The van der Waals surface area contributed by atoms with Gasteiger partial charge in [-0.3, -0.25) is 0 Å². The Morgan fingerprint density at radius 1 is 1.42 bits per heavy atom. The van der Waals surface area contributed by atoms with Gasteiger partial charge in [0, 0.05) is 26.3 Å². The van der Waals surface area contributed by atoms with Crippen molar-refractivity contribution in [3.05, 3.63) is 18.3 Å². The second kappa shape index (κ2) is 5.88. The molecule has 1 heterocycles. The van der Waals surface area contributed by atoms with Crippen LogP contribution in [-0.4, -0.2) is 37.8 Å². The maximum Gasteiger partial charge on any atom is 0.244 e. The van der Waals surface area contributed by atoms with Crippen molar-refractivity contribution in [3.8, 4) is 0 Å². The molecule has 1 aromatic heterocycles. The molecule has 0 atom stereocenters. The van der Waals surface area contributed by atoms with Crippen molar-refractivity contribution in [1.82, 2.24) is 9.29 Å². The normalized spacial score (nSPS) is 16.4. The lowest BCUT2D eigenvalue weighted by atomic mass is 9.86. The van der Waals surface area contributed by atoms with Crippen molar-refractivity contribution in [2.75, 3.05) is 25.5 Å². The van der Waals surface area contributed by atoms with E-state index in [1.807, 2.05) is 6.92 Å². The molecule has 0 amide bonds. The van der Waals surface area contributed by atoms with E-state index in [-0.39, 0.29) is 4.90 Å². The highest BCUT2D eigenvalue weighted by Crippen LogP contribution is 2.28. The molecule has 0 aliphatic heterocycles. The minimum absolute atomic E-state index is 0.260. The Hall–Kier alpha value is -1.14. The topological polar surface area (TPSA) is 62.3 Å². The predicted octanol–water partition coefficient (Wildman–Crippen LogP) is 1.93. The molecule has 1 aliphatic carbocycles. The first-order valence-electron chi connectivity index (χ1n) is 6.70. The lowest BCUT2D eigenvalue weighted by molar-refractivity contribution is 0.263. The third-order valence-corrected chi connectivity index (χ3v) is 5.35. The highest BCUT2D eigenvalue weighted by atomic mass is 32.2. The van der Waals surface area contributed by atoms with Gasteiger partial charge in [-0.1, -0.05) is 6.42 Å². The number of aromatic nitrogens is 1. The van der Waals surface area contributed by atoms with Crippen LogP contribution in [0.15, 0.2) is 23.2 Å². The zero-order valence-electron chi connectivity index (χ0n) is 11.5. The number of anilines is 1. The summed E-state index contributed by atoms with van der Waals surface area (Å²) in [5, 5.41) is 3.05. The molecular weight excluding hydrogens is 262 g/mol. The molecule has 1 aromatic rings. The largest absolute Gasteiger partial charge is 0.370 e. The number of nitrogens with zero attached hydrogens (tertiary/aromatic N) is 2. The molecule has 1 N–H and O–H groups in total. The molecule has 1 fully saturated rings. The summed E-state index contributed by atoms with van der Waals surface area (Å²) in [5.74, 6) is 1.22. The molecule has 0 bridgehead atoms. The molecule has 1 aliphatic rings. The zero-order chi connectivity index (χ0) is 13.9. The molecule has 6 heteroatoms. The molecule has 5 nitrogen and oxygen atoms in total. The van der Waals surface area contributed by atoms with Gasteiger partial charge in [-0.2, -0.15) is 0 Å². The average molecular weight is 283 g/mol. The highest BCUT2D eigenvalue weighted by Gasteiger charge is 2.26. The highest BCUT2D eigenvalue weighted by molar-refractivity contribution is 7.89. The molecule has 2 rings (SSSR count).